The topological polar surface area (TPSA) is 26.0 Å². The Bertz CT molecular complexity index is 85.8. The molecule has 8 heavy (non-hydrogen) atoms. The SMILES string of the molecule is C=CC(N)C(F)(F)F. The van der Waals surface area contributed by atoms with Gasteiger partial charge in [-0.15, -0.1) is 6.58 Å². The van der Waals surface area contributed by atoms with E-state index in [4.69, 9.17) is 0 Å². The lowest BCUT2D eigenvalue weighted by molar-refractivity contribution is -0.136. The summed E-state index contributed by atoms with van der Waals surface area (Å²) < 4.78 is 33.8. The van der Waals surface area contributed by atoms with Crippen molar-refractivity contribution in [3.63, 3.8) is 0 Å². The minimum atomic E-state index is -4.33. The van der Waals surface area contributed by atoms with Gasteiger partial charge in [-0.25, -0.2) is 0 Å². The van der Waals surface area contributed by atoms with E-state index in [1.807, 2.05) is 0 Å². The van der Waals surface area contributed by atoms with Crippen LogP contribution < -0.4 is 5.73 Å². The van der Waals surface area contributed by atoms with Gasteiger partial charge in [-0.3, -0.25) is 0 Å². The van der Waals surface area contributed by atoms with Gasteiger partial charge in [-0.1, -0.05) is 6.08 Å². The van der Waals surface area contributed by atoms with Crippen molar-refractivity contribution in [2.24, 2.45) is 5.73 Å². The van der Waals surface area contributed by atoms with E-state index in [1.54, 1.807) is 0 Å². The maximum atomic E-state index is 11.3. The minimum absolute atomic E-state index is 0.653. The molecule has 0 aliphatic carbocycles. The number of halogens is 3. The third-order valence-electron chi connectivity index (χ3n) is 0.632. The second kappa shape index (κ2) is 2.17. The predicted molar refractivity (Wildman–Crippen MR) is 24.2 cm³/mol. The summed E-state index contributed by atoms with van der Waals surface area (Å²) in [6.07, 6.45) is -3.68. The Morgan fingerprint density at radius 3 is 1.88 bits per heavy atom. The maximum absolute atomic E-state index is 11.3. The molecule has 0 heterocycles. The van der Waals surface area contributed by atoms with E-state index in [1.165, 1.54) is 0 Å². The van der Waals surface area contributed by atoms with Crippen LogP contribution in [-0.2, 0) is 0 Å². The van der Waals surface area contributed by atoms with Crippen LogP contribution in [0.15, 0.2) is 12.7 Å². The first-order valence-corrected chi connectivity index (χ1v) is 1.93. The summed E-state index contributed by atoms with van der Waals surface area (Å²) in [5.41, 5.74) is 4.51. The van der Waals surface area contributed by atoms with Crippen LogP contribution in [-0.4, -0.2) is 12.2 Å². The maximum Gasteiger partial charge on any atom is 0.407 e. The van der Waals surface area contributed by atoms with Crippen molar-refractivity contribution in [1.29, 1.82) is 0 Å². The summed E-state index contributed by atoms with van der Waals surface area (Å²) in [7, 11) is 0. The van der Waals surface area contributed by atoms with Gasteiger partial charge >= 0.3 is 6.18 Å². The highest BCUT2D eigenvalue weighted by atomic mass is 19.4. The van der Waals surface area contributed by atoms with Gasteiger partial charge < -0.3 is 5.73 Å². The number of hydrogen-bond donors (Lipinski definition) is 1. The number of nitrogens with two attached hydrogens (primary N) is 1. The highest BCUT2D eigenvalue weighted by molar-refractivity contribution is 4.87. The highest BCUT2D eigenvalue weighted by Crippen LogP contribution is 2.18. The van der Waals surface area contributed by atoms with E-state index in [-0.39, 0.29) is 0 Å². The van der Waals surface area contributed by atoms with Gasteiger partial charge in [0.15, 0.2) is 0 Å². The van der Waals surface area contributed by atoms with Crippen molar-refractivity contribution in [3.05, 3.63) is 12.7 Å². The zero-order valence-electron chi connectivity index (χ0n) is 4.07. The zero-order valence-corrected chi connectivity index (χ0v) is 4.07. The van der Waals surface area contributed by atoms with Crippen molar-refractivity contribution in [3.8, 4) is 0 Å². The first-order chi connectivity index (χ1) is 3.48. The summed E-state index contributed by atoms with van der Waals surface area (Å²) in [5, 5.41) is 0. The van der Waals surface area contributed by atoms with Crippen molar-refractivity contribution in [2.75, 3.05) is 0 Å². The van der Waals surface area contributed by atoms with Crippen molar-refractivity contribution in [2.45, 2.75) is 12.2 Å². The van der Waals surface area contributed by atoms with Gasteiger partial charge in [-0.2, -0.15) is 13.2 Å². The monoisotopic (exact) mass is 125 g/mol. The van der Waals surface area contributed by atoms with Crippen LogP contribution in [0.25, 0.3) is 0 Å². The molecule has 0 aromatic rings. The smallest absolute Gasteiger partial charge is 0.317 e. The Hall–Kier alpha value is -0.510. The lowest BCUT2D eigenvalue weighted by Crippen LogP contribution is -2.34. The molecule has 0 fully saturated rings. The Morgan fingerprint density at radius 2 is 1.88 bits per heavy atom. The minimum Gasteiger partial charge on any atom is -0.317 e. The van der Waals surface area contributed by atoms with E-state index < -0.39 is 12.2 Å². The molecule has 0 saturated heterocycles. The van der Waals surface area contributed by atoms with E-state index in [2.05, 4.69) is 12.3 Å². The Balaban J connectivity index is 3.80. The van der Waals surface area contributed by atoms with E-state index in [0.29, 0.717) is 6.08 Å². The van der Waals surface area contributed by atoms with Crippen LogP contribution in [0, 0.1) is 0 Å². The molecule has 1 nitrogen and oxygen atoms in total. The normalized spacial score (nSPS) is 15.5. The van der Waals surface area contributed by atoms with Gasteiger partial charge in [0.1, 0.15) is 6.04 Å². The Morgan fingerprint density at radius 1 is 1.50 bits per heavy atom. The van der Waals surface area contributed by atoms with E-state index >= 15 is 0 Å². The van der Waals surface area contributed by atoms with Crippen molar-refractivity contribution >= 4 is 0 Å². The number of alkyl halides is 3. The quantitative estimate of drug-likeness (QED) is 0.521. The molecule has 4 heteroatoms. The predicted octanol–water partition coefficient (Wildman–Crippen LogP) is 1.06. The second-order valence-corrected chi connectivity index (χ2v) is 1.30. The average molecular weight is 125 g/mol. The molecule has 0 aromatic carbocycles. The number of rotatable bonds is 1. The number of hydrogen-bond acceptors (Lipinski definition) is 1. The van der Waals surface area contributed by atoms with Crippen LogP contribution >= 0.6 is 0 Å². The van der Waals surface area contributed by atoms with Crippen LogP contribution in [0.1, 0.15) is 0 Å². The highest BCUT2D eigenvalue weighted by Gasteiger charge is 2.33. The third kappa shape index (κ3) is 1.97. The van der Waals surface area contributed by atoms with Crippen LogP contribution in [0.5, 0.6) is 0 Å². The fourth-order valence-electron chi connectivity index (χ4n) is 0.134. The second-order valence-electron chi connectivity index (χ2n) is 1.30. The van der Waals surface area contributed by atoms with E-state index in [0.717, 1.165) is 0 Å². The fraction of sp³-hybridized carbons (Fsp3) is 0.500. The summed E-state index contributed by atoms with van der Waals surface area (Å²) in [6, 6.07) is -1.89. The molecule has 0 bridgehead atoms. The molecule has 1 atom stereocenters. The van der Waals surface area contributed by atoms with Gasteiger partial charge in [0, 0.05) is 0 Å². The molecule has 0 aromatic heterocycles. The summed E-state index contributed by atoms with van der Waals surface area (Å²) in [6.45, 7) is 2.88. The molecular formula is C4H6F3N. The lowest BCUT2D eigenvalue weighted by Gasteiger charge is -2.09. The van der Waals surface area contributed by atoms with Gasteiger partial charge in [0.25, 0.3) is 0 Å². The Kier molecular flexibility index (Phi) is 2.03. The standard InChI is InChI=1S/C4H6F3N/c1-2-3(8)4(5,6)7/h2-3H,1,8H2. The first kappa shape index (κ1) is 7.49. The summed E-state index contributed by atoms with van der Waals surface area (Å²) >= 11 is 0. The van der Waals surface area contributed by atoms with Crippen molar-refractivity contribution in [1.82, 2.24) is 0 Å². The van der Waals surface area contributed by atoms with Gasteiger partial charge in [-0.05, 0) is 0 Å². The molecule has 0 amide bonds. The molecule has 1 unspecified atom stereocenters. The van der Waals surface area contributed by atoms with Crippen LogP contribution in [0.3, 0.4) is 0 Å². The largest absolute Gasteiger partial charge is 0.407 e. The average Bonchev–Trinajstić information content (AvgIpc) is 1.62. The molecule has 0 spiro atoms. The van der Waals surface area contributed by atoms with Gasteiger partial charge in [0.05, 0.1) is 0 Å². The molecule has 0 radical (unpaired) electrons. The third-order valence-corrected chi connectivity index (χ3v) is 0.632. The van der Waals surface area contributed by atoms with E-state index in [9.17, 15) is 13.2 Å². The van der Waals surface area contributed by atoms with Crippen LogP contribution in [0.2, 0.25) is 0 Å². The van der Waals surface area contributed by atoms with Crippen LogP contribution in [0.4, 0.5) is 13.2 Å². The molecule has 0 aliphatic rings. The molecule has 0 saturated carbocycles. The molecule has 0 aliphatic heterocycles. The molecular weight excluding hydrogens is 119 g/mol. The molecule has 0 rings (SSSR count). The molecule has 2 N–H and O–H groups in total. The van der Waals surface area contributed by atoms with Crippen molar-refractivity contribution < 1.29 is 13.2 Å². The summed E-state index contributed by atoms with van der Waals surface area (Å²) in [5.74, 6) is 0. The Labute approximate surface area is 45.0 Å². The first-order valence-electron chi connectivity index (χ1n) is 1.93. The lowest BCUT2D eigenvalue weighted by atomic mass is 10.3. The molecule has 48 valence electrons. The zero-order chi connectivity index (χ0) is 6.78. The fourth-order valence-corrected chi connectivity index (χ4v) is 0.134. The van der Waals surface area contributed by atoms with Gasteiger partial charge in [0.2, 0.25) is 0 Å². The summed E-state index contributed by atoms with van der Waals surface area (Å²) in [4.78, 5) is 0.